The molecule has 3 rings (SSSR count). The van der Waals surface area contributed by atoms with E-state index in [2.05, 4.69) is 5.32 Å². The standard InChI is InChI=1S/C20H19ClN2O2/c1-11-5-7-14(9-13(11)3)17-18(20(25)23(4)19(17)24)22-16-10-15(21)8-6-12(16)2/h5-10,22H,1-4H3. The Balaban J connectivity index is 2.14. The molecule has 0 saturated carbocycles. The Labute approximate surface area is 152 Å². The average molecular weight is 355 g/mol. The van der Waals surface area contributed by atoms with Gasteiger partial charge in [-0.2, -0.15) is 0 Å². The van der Waals surface area contributed by atoms with E-state index in [1.54, 1.807) is 12.1 Å². The molecule has 0 atom stereocenters. The van der Waals surface area contributed by atoms with E-state index in [9.17, 15) is 9.59 Å². The van der Waals surface area contributed by atoms with E-state index in [4.69, 9.17) is 11.6 Å². The smallest absolute Gasteiger partial charge is 0.277 e. The first-order valence-electron chi connectivity index (χ1n) is 7.97. The second-order valence-electron chi connectivity index (χ2n) is 6.30. The molecule has 25 heavy (non-hydrogen) atoms. The zero-order valence-corrected chi connectivity index (χ0v) is 15.4. The Morgan fingerprint density at radius 2 is 1.56 bits per heavy atom. The maximum atomic E-state index is 12.6. The molecule has 0 radical (unpaired) electrons. The number of amides is 2. The van der Waals surface area contributed by atoms with Crippen molar-refractivity contribution in [3.8, 4) is 0 Å². The third kappa shape index (κ3) is 3.05. The van der Waals surface area contributed by atoms with Gasteiger partial charge in [0, 0.05) is 17.8 Å². The highest BCUT2D eigenvalue weighted by Crippen LogP contribution is 2.32. The molecule has 2 aromatic rings. The van der Waals surface area contributed by atoms with Gasteiger partial charge >= 0.3 is 0 Å². The molecule has 0 unspecified atom stereocenters. The molecule has 0 spiro atoms. The lowest BCUT2D eigenvalue weighted by molar-refractivity contribution is -0.135. The molecule has 4 nitrogen and oxygen atoms in total. The highest BCUT2D eigenvalue weighted by atomic mass is 35.5. The fourth-order valence-corrected chi connectivity index (χ4v) is 2.96. The second kappa shape index (κ2) is 6.37. The first-order valence-corrected chi connectivity index (χ1v) is 8.35. The SMILES string of the molecule is Cc1ccc(C2=C(Nc3cc(Cl)ccc3C)C(=O)N(C)C2=O)cc1C. The fraction of sp³-hybridized carbons (Fsp3) is 0.200. The van der Waals surface area contributed by atoms with Crippen molar-refractivity contribution in [2.24, 2.45) is 0 Å². The number of hydrogen-bond acceptors (Lipinski definition) is 3. The van der Waals surface area contributed by atoms with Gasteiger partial charge in [-0.1, -0.05) is 35.9 Å². The molecule has 0 fully saturated rings. The molecule has 0 saturated heterocycles. The molecule has 1 aliphatic heterocycles. The Morgan fingerprint density at radius 3 is 2.24 bits per heavy atom. The summed E-state index contributed by atoms with van der Waals surface area (Å²) in [7, 11) is 1.49. The third-order valence-electron chi connectivity index (χ3n) is 4.54. The molecule has 128 valence electrons. The number of halogens is 1. The third-order valence-corrected chi connectivity index (χ3v) is 4.78. The number of nitrogens with zero attached hydrogens (tertiary/aromatic N) is 1. The molecule has 2 amide bonds. The van der Waals surface area contributed by atoms with Crippen molar-refractivity contribution < 1.29 is 9.59 Å². The molecule has 2 aromatic carbocycles. The summed E-state index contributed by atoms with van der Waals surface area (Å²) >= 11 is 6.07. The van der Waals surface area contributed by atoms with Crippen LogP contribution in [0.1, 0.15) is 22.3 Å². The lowest BCUT2D eigenvalue weighted by Gasteiger charge is -2.12. The number of hydrogen-bond donors (Lipinski definition) is 1. The molecule has 1 N–H and O–H groups in total. The molecule has 5 heteroatoms. The summed E-state index contributed by atoms with van der Waals surface area (Å²) in [5, 5.41) is 3.69. The van der Waals surface area contributed by atoms with Crippen LogP contribution in [0.25, 0.3) is 5.57 Å². The summed E-state index contributed by atoms with van der Waals surface area (Å²) in [6.45, 7) is 5.91. The van der Waals surface area contributed by atoms with Crippen LogP contribution in [-0.4, -0.2) is 23.8 Å². The minimum atomic E-state index is -0.349. The van der Waals surface area contributed by atoms with Crippen LogP contribution in [-0.2, 0) is 9.59 Å². The predicted octanol–water partition coefficient (Wildman–Crippen LogP) is 4.09. The summed E-state index contributed by atoms with van der Waals surface area (Å²) < 4.78 is 0. The second-order valence-corrected chi connectivity index (χ2v) is 6.74. The summed E-state index contributed by atoms with van der Waals surface area (Å²) in [4.78, 5) is 26.4. The minimum absolute atomic E-state index is 0.279. The van der Waals surface area contributed by atoms with Gasteiger partial charge in [-0.15, -0.1) is 0 Å². The highest BCUT2D eigenvalue weighted by Gasteiger charge is 2.37. The van der Waals surface area contributed by atoms with Crippen LogP contribution >= 0.6 is 11.6 Å². The molecular formula is C20H19ClN2O2. The van der Waals surface area contributed by atoms with Crippen LogP contribution in [0.5, 0.6) is 0 Å². The molecule has 1 heterocycles. The van der Waals surface area contributed by atoms with E-state index < -0.39 is 0 Å². The van der Waals surface area contributed by atoms with Crippen LogP contribution in [0.2, 0.25) is 5.02 Å². The molecule has 0 bridgehead atoms. The Bertz CT molecular complexity index is 931. The fourth-order valence-electron chi connectivity index (χ4n) is 2.79. The van der Waals surface area contributed by atoms with Gasteiger partial charge in [-0.25, -0.2) is 0 Å². The highest BCUT2D eigenvalue weighted by molar-refractivity contribution is 6.36. The Hall–Kier alpha value is -2.59. The summed E-state index contributed by atoms with van der Waals surface area (Å²) in [5.41, 5.74) is 5.24. The lowest BCUT2D eigenvalue weighted by Crippen LogP contribution is -2.28. The van der Waals surface area contributed by atoms with Crippen LogP contribution < -0.4 is 5.32 Å². The van der Waals surface area contributed by atoms with Crippen LogP contribution in [0.3, 0.4) is 0 Å². The average Bonchev–Trinajstić information content (AvgIpc) is 2.78. The van der Waals surface area contributed by atoms with Crippen molar-refractivity contribution in [3.63, 3.8) is 0 Å². The summed E-state index contributed by atoms with van der Waals surface area (Å²) in [6.07, 6.45) is 0. The predicted molar refractivity (Wildman–Crippen MR) is 100 cm³/mol. The normalized spacial score (nSPS) is 14.5. The van der Waals surface area contributed by atoms with Crippen molar-refractivity contribution in [3.05, 3.63) is 69.4 Å². The van der Waals surface area contributed by atoms with E-state index in [1.165, 1.54) is 7.05 Å². The first-order chi connectivity index (χ1) is 11.8. The largest absolute Gasteiger partial charge is 0.350 e. The summed E-state index contributed by atoms with van der Waals surface area (Å²) in [5.74, 6) is -0.659. The number of carbonyl (C=O) groups excluding carboxylic acids is 2. The van der Waals surface area contributed by atoms with Crippen molar-refractivity contribution >= 4 is 34.7 Å². The van der Waals surface area contributed by atoms with E-state index >= 15 is 0 Å². The Kier molecular flexibility index (Phi) is 4.39. The van der Waals surface area contributed by atoms with Gasteiger partial charge in [-0.3, -0.25) is 14.5 Å². The van der Waals surface area contributed by atoms with Crippen molar-refractivity contribution in [1.82, 2.24) is 4.90 Å². The zero-order chi connectivity index (χ0) is 18.3. The van der Waals surface area contributed by atoms with Gasteiger partial charge in [0.1, 0.15) is 5.70 Å². The number of nitrogens with one attached hydrogen (secondary N) is 1. The van der Waals surface area contributed by atoms with Crippen LogP contribution in [0.4, 0.5) is 5.69 Å². The van der Waals surface area contributed by atoms with Crippen molar-refractivity contribution in [1.29, 1.82) is 0 Å². The number of anilines is 1. The number of aryl methyl sites for hydroxylation is 3. The maximum absolute atomic E-state index is 12.6. The van der Waals surface area contributed by atoms with E-state index in [1.807, 2.05) is 45.0 Å². The quantitative estimate of drug-likeness (QED) is 0.845. The maximum Gasteiger partial charge on any atom is 0.277 e. The van der Waals surface area contributed by atoms with Crippen molar-refractivity contribution in [2.75, 3.05) is 12.4 Å². The number of rotatable bonds is 3. The van der Waals surface area contributed by atoms with Gasteiger partial charge in [0.05, 0.1) is 5.57 Å². The van der Waals surface area contributed by atoms with E-state index in [0.717, 1.165) is 27.2 Å². The first kappa shape index (κ1) is 17.2. The minimum Gasteiger partial charge on any atom is -0.350 e. The molecular weight excluding hydrogens is 336 g/mol. The lowest BCUT2D eigenvalue weighted by atomic mass is 9.99. The van der Waals surface area contributed by atoms with E-state index in [0.29, 0.717) is 16.3 Å². The number of imide groups is 1. The van der Waals surface area contributed by atoms with Crippen molar-refractivity contribution in [2.45, 2.75) is 20.8 Å². The van der Waals surface area contributed by atoms with Crippen LogP contribution in [0, 0.1) is 20.8 Å². The Morgan fingerprint density at radius 1 is 0.880 bits per heavy atom. The summed E-state index contributed by atoms with van der Waals surface area (Å²) in [6, 6.07) is 11.2. The molecule has 0 aliphatic carbocycles. The van der Waals surface area contributed by atoms with Gasteiger partial charge < -0.3 is 5.32 Å². The number of benzene rings is 2. The van der Waals surface area contributed by atoms with Gasteiger partial charge in [0.15, 0.2) is 0 Å². The van der Waals surface area contributed by atoms with Gasteiger partial charge in [-0.05, 0) is 55.2 Å². The van der Waals surface area contributed by atoms with Gasteiger partial charge in [0.2, 0.25) is 0 Å². The van der Waals surface area contributed by atoms with E-state index in [-0.39, 0.29) is 17.5 Å². The zero-order valence-electron chi connectivity index (χ0n) is 14.6. The molecule has 0 aromatic heterocycles. The number of carbonyl (C=O) groups is 2. The van der Waals surface area contributed by atoms with Crippen LogP contribution in [0.15, 0.2) is 42.1 Å². The molecule has 1 aliphatic rings. The monoisotopic (exact) mass is 354 g/mol. The number of likely N-dealkylation sites (N-methyl/N-ethyl adjacent to an activating group) is 1. The topological polar surface area (TPSA) is 49.4 Å². The van der Waals surface area contributed by atoms with Gasteiger partial charge in [0.25, 0.3) is 11.8 Å².